The Kier molecular flexibility index (Phi) is 2.37. The zero-order valence-electron chi connectivity index (χ0n) is 13.0. The molecule has 1 unspecified atom stereocenters. The molecule has 2 fully saturated rings. The number of piperidine rings is 1. The van der Waals surface area contributed by atoms with Crippen molar-refractivity contribution in [1.82, 2.24) is 4.90 Å². The van der Waals surface area contributed by atoms with Crippen LogP contribution in [0.4, 0.5) is 0 Å². The van der Waals surface area contributed by atoms with Gasteiger partial charge in [0, 0.05) is 11.6 Å². The van der Waals surface area contributed by atoms with Crippen molar-refractivity contribution in [3.8, 4) is 11.5 Å². The van der Waals surface area contributed by atoms with Crippen LogP contribution in [0.25, 0.3) is 0 Å². The van der Waals surface area contributed by atoms with E-state index in [4.69, 9.17) is 4.74 Å². The number of phenols is 1. The molecule has 1 aromatic carbocycles. The molecule has 0 aromatic heterocycles. The van der Waals surface area contributed by atoms with E-state index in [1.54, 1.807) is 6.07 Å². The van der Waals surface area contributed by atoms with Gasteiger partial charge in [-0.05, 0) is 50.9 Å². The standard InChI is InChI=1S/C17H20N2O4/c1-19-7-6-16-13-9-2-3-11(20)14(13)23-15(16)10(18-22)4-5-17(16,21)12(19)8-9/h2-3,12,15,20-22H,4-8H2,1H3/t12-,15+,16+,17?/m1/s1. The smallest absolute Gasteiger partial charge is 0.166 e. The zero-order valence-corrected chi connectivity index (χ0v) is 13.0. The quantitative estimate of drug-likeness (QED) is 0.491. The molecule has 6 nitrogen and oxygen atoms in total. The maximum atomic E-state index is 11.7. The zero-order chi connectivity index (χ0) is 16.0. The van der Waals surface area contributed by atoms with Crippen LogP contribution in [0, 0.1) is 0 Å². The normalized spacial score (nSPS) is 42.4. The highest BCUT2D eigenvalue weighted by Crippen LogP contribution is 2.64. The summed E-state index contributed by atoms with van der Waals surface area (Å²) in [6.07, 6.45) is 2.04. The first kappa shape index (κ1) is 13.6. The van der Waals surface area contributed by atoms with Crippen LogP contribution >= 0.6 is 0 Å². The van der Waals surface area contributed by atoms with E-state index in [1.807, 2.05) is 6.07 Å². The highest BCUT2D eigenvalue weighted by Gasteiger charge is 2.72. The first-order valence-electron chi connectivity index (χ1n) is 8.18. The van der Waals surface area contributed by atoms with Gasteiger partial charge < -0.3 is 25.1 Å². The van der Waals surface area contributed by atoms with Gasteiger partial charge in [-0.3, -0.25) is 0 Å². The average molecular weight is 316 g/mol. The van der Waals surface area contributed by atoms with Gasteiger partial charge in [0.1, 0.15) is 0 Å². The molecule has 1 aromatic rings. The second-order valence-electron chi connectivity index (χ2n) is 7.38. The monoisotopic (exact) mass is 316 g/mol. The molecule has 2 bridgehead atoms. The van der Waals surface area contributed by atoms with Crippen LogP contribution in [0.3, 0.4) is 0 Å². The third kappa shape index (κ3) is 1.29. The van der Waals surface area contributed by atoms with Crippen molar-refractivity contribution in [1.29, 1.82) is 0 Å². The second-order valence-corrected chi connectivity index (χ2v) is 7.38. The van der Waals surface area contributed by atoms with Gasteiger partial charge in [0.05, 0.1) is 16.7 Å². The molecule has 2 aliphatic heterocycles. The lowest BCUT2D eigenvalue weighted by Gasteiger charge is -2.62. The Labute approximate surface area is 134 Å². The van der Waals surface area contributed by atoms with Crippen molar-refractivity contribution in [3.05, 3.63) is 23.3 Å². The van der Waals surface area contributed by atoms with E-state index in [9.17, 15) is 15.4 Å². The van der Waals surface area contributed by atoms with E-state index in [0.717, 1.165) is 30.5 Å². The number of phenolic OH excluding ortho intramolecular Hbond substituents is 1. The molecule has 122 valence electrons. The third-order valence-corrected chi connectivity index (χ3v) is 6.67. The summed E-state index contributed by atoms with van der Waals surface area (Å²) in [5.41, 5.74) is 1.09. The number of nitrogens with zero attached hydrogens (tertiary/aromatic N) is 2. The summed E-state index contributed by atoms with van der Waals surface area (Å²) in [6, 6.07) is 3.63. The van der Waals surface area contributed by atoms with Gasteiger partial charge in [-0.1, -0.05) is 11.2 Å². The lowest BCUT2D eigenvalue weighted by Crippen LogP contribution is -2.76. The van der Waals surface area contributed by atoms with Crippen LogP contribution in [-0.2, 0) is 11.8 Å². The van der Waals surface area contributed by atoms with Gasteiger partial charge in [0.2, 0.25) is 0 Å². The van der Waals surface area contributed by atoms with Crippen LogP contribution in [0.5, 0.6) is 11.5 Å². The molecular formula is C17H20N2O4. The Morgan fingerprint density at radius 2 is 2.17 bits per heavy atom. The van der Waals surface area contributed by atoms with Crippen molar-refractivity contribution in [3.63, 3.8) is 0 Å². The molecule has 4 aliphatic rings. The lowest BCUT2D eigenvalue weighted by molar-refractivity contribution is -0.161. The van der Waals surface area contributed by atoms with Crippen molar-refractivity contribution in [2.45, 2.75) is 48.8 Å². The molecule has 0 amide bonds. The van der Waals surface area contributed by atoms with Crippen molar-refractivity contribution in [2.24, 2.45) is 5.16 Å². The fourth-order valence-electron chi connectivity index (χ4n) is 5.65. The Balaban J connectivity index is 1.86. The van der Waals surface area contributed by atoms with Crippen LogP contribution in [0.1, 0.15) is 30.4 Å². The minimum absolute atomic E-state index is 0.0191. The number of benzene rings is 1. The van der Waals surface area contributed by atoms with Gasteiger partial charge >= 0.3 is 0 Å². The van der Waals surface area contributed by atoms with Crippen molar-refractivity contribution < 1.29 is 20.2 Å². The minimum Gasteiger partial charge on any atom is -0.504 e. The number of likely N-dealkylation sites (tertiary alicyclic amines) is 1. The molecule has 4 atom stereocenters. The summed E-state index contributed by atoms with van der Waals surface area (Å²) < 4.78 is 6.09. The molecule has 1 saturated heterocycles. The summed E-state index contributed by atoms with van der Waals surface area (Å²) in [5.74, 6) is 0.571. The van der Waals surface area contributed by atoms with Gasteiger partial charge in [0.25, 0.3) is 0 Å². The molecule has 2 aliphatic carbocycles. The number of aromatic hydroxyl groups is 1. The van der Waals surface area contributed by atoms with Crippen molar-refractivity contribution in [2.75, 3.05) is 13.6 Å². The predicted octanol–water partition coefficient (Wildman–Crippen LogP) is 1.01. The molecule has 6 heteroatoms. The number of hydrogen-bond acceptors (Lipinski definition) is 6. The Morgan fingerprint density at radius 1 is 1.35 bits per heavy atom. The number of likely N-dealkylation sites (N-methyl/N-ethyl adjacent to an activating group) is 1. The minimum atomic E-state index is -0.926. The molecular weight excluding hydrogens is 296 g/mol. The number of rotatable bonds is 0. The van der Waals surface area contributed by atoms with Crippen LogP contribution in [-0.4, -0.2) is 57.4 Å². The Bertz CT molecular complexity index is 748. The van der Waals surface area contributed by atoms with E-state index in [0.29, 0.717) is 24.3 Å². The molecule has 1 spiro atoms. The molecule has 0 radical (unpaired) electrons. The van der Waals surface area contributed by atoms with E-state index >= 15 is 0 Å². The van der Waals surface area contributed by atoms with E-state index in [2.05, 4.69) is 17.1 Å². The van der Waals surface area contributed by atoms with Gasteiger partial charge in [-0.2, -0.15) is 0 Å². The number of aliphatic hydroxyl groups is 1. The maximum absolute atomic E-state index is 11.7. The van der Waals surface area contributed by atoms with E-state index in [1.165, 1.54) is 0 Å². The predicted molar refractivity (Wildman–Crippen MR) is 82.3 cm³/mol. The van der Waals surface area contributed by atoms with Crippen LogP contribution in [0.2, 0.25) is 0 Å². The lowest BCUT2D eigenvalue weighted by atomic mass is 9.49. The first-order chi connectivity index (χ1) is 11.0. The van der Waals surface area contributed by atoms with E-state index < -0.39 is 17.1 Å². The van der Waals surface area contributed by atoms with Crippen LogP contribution in [0.15, 0.2) is 17.3 Å². The SMILES string of the molecule is CN1CC[C@]23c4c5ccc(O)c4O[C@H]2C(=NO)CCC3(O)[C@H]1C5. The Hall–Kier alpha value is -1.79. The average Bonchev–Trinajstić information content (AvgIpc) is 2.89. The van der Waals surface area contributed by atoms with E-state index in [-0.39, 0.29) is 11.8 Å². The summed E-state index contributed by atoms with van der Waals surface area (Å²) in [4.78, 5) is 2.23. The topological polar surface area (TPSA) is 85.5 Å². The molecule has 5 rings (SSSR count). The highest BCUT2D eigenvalue weighted by molar-refractivity contribution is 5.94. The van der Waals surface area contributed by atoms with Crippen LogP contribution < -0.4 is 4.74 Å². The summed E-state index contributed by atoms with van der Waals surface area (Å²) in [5, 5.41) is 34.9. The molecule has 2 heterocycles. The molecule has 23 heavy (non-hydrogen) atoms. The Morgan fingerprint density at radius 3 is 2.96 bits per heavy atom. The number of hydrogen-bond donors (Lipinski definition) is 3. The van der Waals surface area contributed by atoms with Gasteiger partial charge in [-0.25, -0.2) is 0 Å². The summed E-state index contributed by atoms with van der Waals surface area (Å²) in [6.45, 7) is 0.847. The fraction of sp³-hybridized carbons (Fsp3) is 0.588. The maximum Gasteiger partial charge on any atom is 0.166 e. The second kappa shape index (κ2) is 3.99. The summed E-state index contributed by atoms with van der Waals surface area (Å²) >= 11 is 0. The molecule has 3 N–H and O–H groups in total. The fourth-order valence-corrected chi connectivity index (χ4v) is 5.65. The van der Waals surface area contributed by atoms with Gasteiger partial charge in [0.15, 0.2) is 17.6 Å². The number of oxime groups is 1. The first-order valence-corrected chi connectivity index (χ1v) is 8.18. The van der Waals surface area contributed by atoms with Gasteiger partial charge in [-0.15, -0.1) is 0 Å². The highest BCUT2D eigenvalue weighted by atomic mass is 16.5. The number of ether oxygens (including phenoxy) is 1. The summed E-state index contributed by atoms with van der Waals surface area (Å²) in [7, 11) is 2.06. The van der Waals surface area contributed by atoms with Crippen molar-refractivity contribution >= 4 is 5.71 Å². The largest absolute Gasteiger partial charge is 0.504 e. The molecule has 1 saturated carbocycles. The third-order valence-electron chi connectivity index (χ3n) is 6.67.